The van der Waals surface area contributed by atoms with Crippen molar-refractivity contribution in [3.8, 4) is 0 Å². The van der Waals surface area contributed by atoms with Crippen molar-refractivity contribution in [3.05, 3.63) is 18.5 Å². The molecule has 0 aliphatic carbocycles. The van der Waals surface area contributed by atoms with Gasteiger partial charge in [0.25, 0.3) is 0 Å². The fraction of sp³-hybridized carbons (Fsp3) is 0.333. The summed E-state index contributed by atoms with van der Waals surface area (Å²) >= 11 is 0. The van der Waals surface area contributed by atoms with E-state index in [2.05, 4.69) is 9.97 Å². The SMILES string of the molecule is O=S(=O)(CCO)c1ncccn1. The van der Waals surface area contributed by atoms with Gasteiger partial charge >= 0.3 is 0 Å². The minimum absolute atomic E-state index is 0.237. The maximum absolute atomic E-state index is 11.1. The zero-order valence-electron chi connectivity index (χ0n) is 6.21. The lowest BCUT2D eigenvalue weighted by molar-refractivity contribution is 0.319. The molecule has 0 saturated carbocycles. The standard InChI is InChI=1S/C6H8N2O3S/c9-4-5-12(10,11)6-7-2-1-3-8-6/h1-3,9H,4-5H2. The molecule has 0 amide bonds. The van der Waals surface area contributed by atoms with E-state index in [9.17, 15) is 8.42 Å². The second-order valence-corrected chi connectivity index (χ2v) is 4.08. The third-order valence-corrected chi connectivity index (χ3v) is 2.67. The molecule has 1 aromatic rings. The summed E-state index contributed by atoms with van der Waals surface area (Å²) in [7, 11) is -3.48. The van der Waals surface area contributed by atoms with E-state index in [1.54, 1.807) is 0 Å². The Hall–Kier alpha value is -1.01. The van der Waals surface area contributed by atoms with Crippen LogP contribution in [0, 0.1) is 0 Å². The summed E-state index contributed by atoms with van der Waals surface area (Å²) in [6.45, 7) is -0.416. The van der Waals surface area contributed by atoms with Gasteiger partial charge in [0.2, 0.25) is 15.0 Å². The maximum atomic E-state index is 11.1. The first-order chi connectivity index (χ1) is 5.67. The normalized spacial score (nSPS) is 11.4. The van der Waals surface area contributed by atoms with Crippen molar-refractivity contribution in [3.63, 3.8) is 0 Å². The highest BCUT2D eigenvalue weighted by Crippen LogP contribution is 2.01. The summed E-state index contributed by atoms with van der Waals surface area (Å²) in [5.41, 5.74) is 0. The largest absolute Gasteiger partial charge is 0.395 e. The predicted octanol–water partition coefficient (Wildman–Crippen LogP) is -0.757. The van der Waals surface area contributed by atoms with Crippen LogP contribution in [0.3, 0.4) is 0 Å². The van der Waals surface area contributed by atoms with Crippen LogP contribution >= 0.6 is 0 Å². The van der Waals surface area contributed by atoms with Crippen LogP contribution in [-0.2, 0) is 9.84 Å². The van der Waals surface area contributed by atoms with Crippen LogP contribution < -0.4 is 0 Å². The Morgan fingerprint density at radius 1 is 1.33 bits per heavy atom. The summed E-state index contributed by atoms with van der Waals surface area (Å²) in [5, 5.41) is 8.19. The second-order valence-electron chi connectivity index (χ2n) is 2.07. The number of hydrogen-bond donors (Lipinski definition) is 1. The zero-order valence-corrected chi connectivity index (χ0v) is 7.03. The molecule has 5 nitrogen and oxygen atoms in total. The molecule has 0 fully saturated rings. The van der Waals surface area contributed by atoms with Gasteiger partial charge in [0, 0.05) is 12.4 Å². The smallest absolute Gasteiger partial charge is 0.247 e. The molecule has 0 spiro atoms. The maximum Gasteiger partial charge on any atom is 0.247 e. The van der Waals surface area contributed by atoms with E-state index in [0.717, 1.165) is 0 Å². The van der Waals surface area contributed by atoms with Crippen molar-refractivity contribution in [2.24, 2.45) is 0 Å². The van der Waals surface area contributed by atoms with E-state index in [0.29, 0.717) is 0 Å². The van der Waals surface area contributed by atoms with Gasteiger partial charge in [-0.05, 0) is 6.07 Å². The summed E-state index contributed by atoms with van der Waals surface area (Å²) in [5.74, 6) is -0.336. The summed E-state index contributed by atoms with van der Waals surface area (Å²) in [6.07, 6.45) is 2.69. The molecule has 66 valence electrons. The Balaban J connectivity index is 2.99. The molecule has 0 saturated heterocycles. The molecule has 1 N–H and O–H groups in total. The Kier molecular flexibility index (Phi) is 2.72. The lowest BCUT2D eigenvalue weighted by Crippen LogP contribution is -2.12. The lowest BCUT2D eigenvalue weighted by Gasteiger charge is -1.97. The highest BCUT2D eigenvalue weighted by atomic mass is 32.2. The summed E-state index contributed by atoms with van der Waals surface area (Å²) in [6, 6.07) is 1.53. The van der Waals surface area contributed by atoms with Crippen LogP contribution in [0.2, 0.25) is 0 Å². The summed E-state index contributed by atoms with van der Waals surface area (Å²) in [4.78, 5) is 7.12. The Morgan fingerprint density at radius 3 is 2.42 bits per heavy atom. The second kappa shape index (κ2) is 3.59. The fourth-order valence-corrected chi connectivity index (χ4v) is 1.52. The van der Waals surface area contributed by atoms with Crippen molar-refractivity contribution in [2.45, 2.75) is 5.16 Å². The molecule has 0 bridgehead atoms. The van der Waals surface area contributed by atoms with Crippen molar-refractivity contribution in [2.75, 3.05) is 12.4 Å². The molecule has 0 unspecified atom stereocenters. The molecule has 12 heavy (non-hydrogen) atoms. The Morgan fingerprint density at radius 2 is 1.92 bits per heavy atom. The highest BCUT2D eigenvalue weighted by molar-refractivity contribution is 7.91. The van der Waals surface area contributed by atoms with Gasteiger partial charge < -0.3 is 5.11 Å². The number of rotatable bonds is 3. The van der Waals surface area contributed by atoms with Gasteiger partial charge in [0.15, 0.2) is 0 Å². The first-order valence-electron chi connectivity index (χ1n) is 3.27. The minimum Gasteiger partial charge on any atom is -0.395 e. The molecule has 0 atom stereocenters. The third kappa shape index (κ3) is 1.99. The predicted molar refractivity (Wildman–Crippen MR) is 41.2 cm³/mol. The van der Waals surface area contributed by atoms with E-state index in [1.165, 1.54) is 18.5 Å². The van der Waals surface area contributed by atoms with E-state index in [1.807, 2.05) is 0 Å². The molecule has 1 heterocycles. The van der Waals surface area contributed by atoms with Crippen molar-refractivity contribution in [1.82, 2.24) is 9.97 Å². The molecule has 0 radical (unpaired) electrons. The first kappa shape index (κ1) is 9.08. The summed E-state index contributed by atoms with van der Waals surface area (Å²) < 4.78 is 22.3. The van der Waals surface area contributed by atoms with Gasteiger partial charge in [0.1, 0.15) is 0 Å². The van der Waals surface area contributed by atoms with Crippen LogP contribution in [0.1, 0.15) is 0 Å². The Bertz CT molecular complexity index is 335. The van der Waals surface area contributed by atoms with E-state index in [4.69, 9.17) is 5.11 Å². The number of hydrogen-bond acceptors (Lipinski definition) is 5. The van der Waals surface area contributed by atoms with Gasteiger partial charge in [-0.3, -0.25) is 0 Å². The molecule has 1 aromatic heterocycles. The van der Waals surface area contributed by atoms with E-state index < -0.39 is 16.4 Å². The molecule has 0 aromatic carbocycles. The van der Waals surface area contributed by atoms with Gasteiger partial charge in [-0.2, -0.15) is 0 Å². The minimum atomic E-state index is -3.48. The Labute approximate surface area is 70.0 Å². The molecular formula is C6H8N2O3S. The van der Waals surface area contributed by atoms with Crippen LogP contribution in [0.4, 0.5) is 0 Å². The monoisotopic (exact) mass is 188 g/mol. The van der Waals surface area contributed by atoms with Crippen LogP contribution in [-0.4, -0.2) is 35.9 Å². The molecule has 0 aliphatic rings. The van der Waals surface area contributed by atoms with Crippen LogP contribution in [0.15, 0.2) is 23.6 Å². The number of aliphatic hydroxyl groups excluding tert-OH is 1. The van der Waals surface area contributed by atoms with Crippen LogP contribution in [0.5, 0.6) is 0 Å². The lowest BCUT2D eigenvalue weighted by atomic mass is 10.7. The number of sulfone groups is 1. The zero-order chi connectivity index (χ0) is 9.03. The van der Waals surface area contributed by atoms with Gasteiger partial charge in [-0.15, -0.1) is 0 Å². The highest BCUT2D eigenvalue weighted by Gasteiger charge is 2.15. The number of nitrogens with zero attached hydrogens (tertiary/aromatic N) is 2. The molecular weight excluding hydrogens is 180 g/mol. The van der Waals surface area contributed by atoms with Gasteiger partial charge in [0.05, 0.1) is 12.4 Å². The first-order valence-corrected chi connectivity index (χ1v) is 4.92. The quantitative estimate of drug-likeness (QED) is 0.631. The molecule has 6 heteroatoms. The van der Waals surface area contributed by atoms with E-state index >= 15 is 0 Å². The van der Waals surface area contributed by atoms with Crippen molar-refractivity contribution >= 4 is 9.84 Å². The average Bonchev–Trinajstić information content (AvgIpc) is 2.06. The van der Waals surface area contributed by atoms with Gasteiger partial charge in [-0.1, -0.05) is 0 Å². The molecule has 1 rings (SSSR count). The van der Waals surface area contributed by atoms with Crippen molar-refractivity contribution in [1.29, 1.82) is 0 Å². The third-order valence-electron chi connectivity index (χ3n) is 1.18. The fourth-order valence-electron chi connectivity index (χ4n) is 0.657. The number of aromatic nitrogens is 2. The van der Waals surface area contributed by atoms with Crippen molar-refractivity contribution < 1.29 is 13.5 Å². The number of aliphatic hydroxyl groups is 1. The topological polar surface area (TPSA) is 80.2 Å². The molecule has 0 aliphatic heterocycles. The van der Waals surface area contributed by atoms with Gasteiger partial charge in [-0.25, -0.2) is 18.4 Å². The van der Waals surface area contributed by atoms with E-state index in [-0.39, 0.29) is 10.9 Å². The average molecular weight is 188 g/mol. The van der Waals surface area contributed by atoms with Crippen LogP contribution in [0.25, 0.3) is 0 Å².